The van der Waals surface area contributed by atoms with E-state index in [1.807, 2.05) is 0 Å². The number of allylic oxidation sites excluding steroid dienone is 2. The zero-order valence-electron chi connectivity index (χ0n) is 22.1. The third kappa shape index (κ3) is 4.03. The van der Waals surface area contributed by atoms with Crippen LogP contribution in [-0.2, 0) is 14.3 Å². The second-order valence-electron chi connectivity index (χ2n) is 11.1. The fourth-order valence-electron chi connectivity index (χ4n) is 6.55. The van der Waals surface area contributed by atoms with Crippen molar-refractivity contribution in [2.45, 2.75) is 75.8 Å². The number of rotatable bonds is 4. The smallest absolute Gasteiger partial charge is 0.179 e. The lowest BCUT2D eigenvalue weighted by atomic mass is 9.60. The molecule has 1 heterocycles. The van der Waals surface area contributed by atoms with Crippen LogP contribution >= 0.6 is 0 Å². The summed E-state index contributed by atoms with van der Waals surface area (Å²) in [6.45, 7) is 4.32. The maximum absolute atomic E-state index is 13.8. The van der Waals surface area contributed by atoms with Gasteiger partial charge in [0.05, 0.1) is 36.7 Å². The number of carbonyl (C=O) groups is 3. The Morgan fingerprint density at radius 2 is 1.82 bits per heavy atom. The van der Waals surface area contributed by atoms with E-state index in [1.165, 1.54) is 33.1 Å². The van der Waals surface area contributed by atoms with Gasteiger partial charge in [-0.3, -0.25) is 14.4 Å². The van der Waals surface area contributed by atoms with Crippen LogP contribution in [0.4, 0.5) is 0 Å². The summed E-state index contributed by atoms with van der Waals surface area (Å²) < 4.78 is 17.4. The Kier molecular flexibility index (Phi) is 6.51. The molecule has 1 aromatic rings. The lowest BCUT2D eigenvalue weighted by Gasteiger charge is -2.50. The second kappa shape index (κ2) is 9.24. The highest BCUT2D eigenvalue weighted by Gasteiger charge is 2.59. The van der Waals surface area contributed by atoms with E-state index in [2.05, 4.69) is 0 Å². The molecule has 1 saturated heterocycles. The molecule has 4 aliphatic rings. The molecule has 3 aliphatic carbocycles. The molecule has 0 spiro atoms. The van der Waals surface area contributed by atoms with Gasteiger partial charge in [-0.05, 0) is 26.8 Å². The second-order valence-corrected chi connectivity index (χ2v) is 11.1. The molecule has 2 fully saturated rings. The number of ether oxygens (including phenoxy) is 3. The van der Waals surface area contributed by atoms with Gasteiger partial charge in [-0.1, -0.05) is 12.1 Å². The van der Waals surface area contributed by atoms with E-state index in [1.54, 1.807) is 13.0 Å². The van der Waals surface area contributed by atoms with Gasteiger partial charge in [-0.2, -0.15) is 0 Å². The Labute approximate surface area is 224 Å². The molecule has 0 aromatic heterocycles. The molecule has 1 aliphatic heterocycles. The molecule has 8 atom stereocenters. The first-order chi connectivity index (χ1) is 18.2. The molecule has 210 valence electrons. The van der Waals surface area contributed by atoms with Gasteiger partial charge in [0.15, 0.2) is 23.6 Å². The first kappa shape index (κ1) is 27.5. The molecule has 11 heteroatoms. The molecule has 1 aromatic carbocycles. The van der Waals surface area contributed by atoms with Crippen LogP contribution in [0.3, 0.4) is 0 Å². The number of hydrogen-bond acceptors (Lipinski definition) is 11. The largest absolute Gasteiger partial charge is 0.511 e. The summed E-state index contributed by atoms with van der Waals surface area (Å²) in [7, 11) is 1.36. The highest BCUT2D eigenvalue weighted by molar-refractivity contribution is 6.19. The van der Waals surface area contributed by atoms with Crippen molar-refractivity contribution >= 4 is 17.3 Å². The van der Waals surface area contributed by atoms with E-state index in [0.29, 0.717) is 0 Å². The Morgan fingerprint density at radius 3 is 2.44 bits per heavy atom. The van der Waals surface area contributed by atoms with E-state index < -0.39 is 82.9 Å². The van der Waals surface area contributed by atoms with Crippen LogP contribution in [0.1, 0.15) is 60.7 Å². The van der Waals surface area contributed by atoms with Crippen LogP contribution in [0.15, 0.2) is 40.9 Å². The molecule has 1 saturated carbocycles. The standard InChI is InChI=1S/C28H33NO10/c1-11-22(31)15(29)8-17(38-11)39-27(3)10-28(36,12(2)30)9-14-21(27)26(35)20-19(24(14)33)23(32)13-6-5-7-16(37-4)18(13)25(20)34/h5-7,11,15,17,19-20,22,31,33,35-36H,8-10,29H2,1-4H3. The van der Waals surface area contributed by atoms with Crippen molar-refractivity contribution in [2.75, 3.05) is 7.11 Å². The summed E-state index contributed by atoms with van der Waals surface area (Å²) >= 11 is 0. The van der Waals surface area contributed by atoms with Gasteiger partial charge in [0, 0.05) is 42.0 Å². The average molecular weight is 544 g/mol. The number of aliphatic hydroxyl groups is 4. The van der Waals surface area contributed by atoms with Crippen molar-refractivity contribution in [1.29, 1.82) is 0 Å². The Balaban J connectivity index is 1.67. The van der Waals surface area contributed by atoms with E-state index in [9.17, 15) is 34.8 Å². The van der Waals surface area contributed by atoms with Crippen molar-refractivity contribution in [3.8, 4) is 5.75 Å². The Morgan fingerprint density at radius 1 is 1.15 bits per heavy atom. The number of hydrogen-bond donors (Lipinski definition) is 5. The summed E-state index contributed by atoms with van der Waals surface area (Å²) in [5, 5.41) is 44.8. The SMILES string of the molecule is COc1cccc2c1C(=O)C1C(O)=C3C(=C(O)C1C2=O)CC(O)(C(C)=O)CC3(C)OC1CC(N)C(O)C(C)O1. The summed E-state index contributed by atoms with van der Waals surface area (Å²) in [5.41, 5.74) is 2.39. The number of Topliss-reactive ketones (excluding diaryl/α,β-unsaturated/α-hetero) is 3. The molecule has 0 radical (unpaired) electrons. The van der Waals surface area contributed by atoms with Gasteiger partial charge >= 0.3 is 0 Å². The highest BCUT2D eigenvalue weighted by Crippen LogP contribution is 2.55. The molecule has 5 rings (SSSR count). The molecule has 8 unspecified atom stereocenters. The lowest BCUT2D eigenvalue weighted by Crippen LogP contribution is -2.58. The third-order valence-electron chi connectivity index (χ3n) is 8.54. The number of ketones is 3. The molecule has 6 N–H and O–H groups in total. The van der Waals surface area contributed by atoms with Gasteiger partial charge in [0.1, 0.15) is 28.5 Å². The third-order valence-corrected chi connectivity index (χ3v) is 8.54. The number of methoxy groups -OCH3 is 1. The van der Waals surface area contributed by atoms with Crippen LogP contribution in [0, 0.1) is 11.8 Å². The van der Waals surface area contributed by atoms with Gasteiger partial charge in [0.25, 0.3) is 0 Å². The van der Waals surface area contributed by atoms with Gasteiger partial charge in [0.2, 0.25) is 0 Å². The molecular formula is C28H33NO10. The fourth-order valence-corrected chi connectivity index (χ4v) is 6.55. The molecule has 11 nitrogen and oxygen atoms in total. The topological polar surface area (TPSA) is 186 Å². The van der Waals surface area contributed by atoms with E-state index >= 15 is 0 Å². The number of nitrogens with two attached hydrogens (primary N) is 1. The normalized spacial score (nSPS) is 38.2. The quantitative estimate of drug-likeness (QED) is 0.372. The average Bonchev–Trinajstić information content (AvgIpc) is 2.86. The van der Waals surface area contributed by atoms with Crippen LogP contribution in [0.2, 0.25) is 0 Å². The van der Waals surface area contributed by atoms with Crippen LogP contribution in [0.5, 0.6) is 5.75 Å². The number of carbonyl (C=O) groups excluding carboxylic acids is 3. The summed E-state index contributed by atoms with van der Waals surface area (Å²) in [5.74, 6) is -5.61. The zero-order chi connectivity index (χ0) is 28.6. The molecule has 0 bridgehead atoms. The molecule has 39 heavy (non-hydrogen) atoms. The lowest BCUT2D eigenvalue weighted by molar-refractivity contribution is -0.262. The minimum Gasteiger partial charge on any atom is -0.511 e. The highest BCUT2D eigenvalue weighted by atomic mass is 16.7. The van der Waals surface area contributed by atoms with Crippen molar-refractivity contribution in [2.24, 2.45) is 17.6 Å². The fraction of sp³-hybridized carbons (Fsp3) is 0.536. The van der Waals surface area contributed by atoms with Gasteiger partial charge in [-0.25, -0.2) is 0 Å². The van der Waals surface area contributed by atoms with Crippen LogP contribution in [-0.4, -0.2) is 80.6 Å². The summed E-state index contributed by atoms with van der Waals surface area (Å²) in [4.78, 5) is 40.0. The number of benzene rings is 1. The Bertz CT molecular complexity index is 1320. The number of fused-ring (bicyclic) bond motifs is 3. The minimum atomic E-state index is -2.01. The maximum atomic E-state index is 13.8. The van der Waals surface area contributed by atoms with Crippen molar-refractivity contribution < 1.29 is 49.0 Å². The summed E-state index contributed by atoms with van der Waals surface area (Å²) in [6, 6.07) is 3.82. The van der Waals surface area contributed by atoms with E-state index in [-0.39, 0.29) is 40.9 Å². The number of aliphatic hydroxyl groups excluding tert-OH is 3. The van der Waals surface area contributed by atoms with Gasteiger partial charge < -0.3 is 40.4 Å². The van der Waals surface area contributed by atoms with E-state index in [4.69, 9.17) is 19.9 Å². The predicted octanol–water partition coefficient (Wildman–Crippen LogP) is 1.66. The first-order valence-corrected chi connectivity index (χ1v) is 12.9. The van der Waals surface area contributed by atoms with Crippen molar-refractivity contribution in [3.63, 3.8) is 0 Å². The van der Waals surface area contributed by atoms with Crippen molar-refractivity contribution in [1.82, 2.24) is 0 Å². The Hall–Kier alpha value is -3.09. The molecule has 0 amide bonds. The van der Waals surface area contributed by atoms with Crippen LogP contribution in [0.25, 0.3) is 0 Å². The predicted molar refractivity (Wildman–Crippen MR) is 135 cm³/mol. The van der Waals surface area contributed by atoms with Crippen LogP contribution < -0.4 is 10.5 Å². The van der Waals surface area contributed by atoms with Crippen molar-refractivity contribution in [3.05, 3.63) is 52.0 Å². The monoisotopic (exact) mass is 543 g/mol. The zero-order valence-corrected chi connectivity index (χ0v) is 22.1. The minimum absolute atomic E-state index is 0.00211. The first-order valence-electron chi connectivity index (χ1n) is 12.9. The summed E-state index contributed by atoms with van der Waals surface area (Å²) in [6.07, 6.45) is -3.32. The molecular weight excluding hydrogens is 510 g/mol. The van der Waals surface area contributed by atoms with Gasteiger partial charge in [-0.15, -0.1) is 0 Å². The maximum Gasteiger partial charge on any atom is 0.179 e. The van der Waals surface area contributed by atoms with E-state index in [0.717, 1.165) is 0 Å².